The summed E-state index contributed by atoms with van der Waals surface area (Å²) in [4.78, 5) is 18.7. The number of nitrogens with one attached hydrogen (secondary N) is 1. The van der Waals surface area contributed by atoms with Crippen molar-refractivity contribution >= 4 is 11.9 Å². The van der Waals surface area contributed by atoms with Crippen LogP contribution in [-0.4, -0.2) is 56.7 Å². The molecule has 1 aliphatic heterocycles. The number of methoxy groups -OCH3 is 1. The van der Waals surface area contributed by atoms with Gasteiger partial charge in [-0.1, -0.05) is 18.2 Å². The van der Waals surface area contributed by atoms with Crippen molar-refractivity contribution in [1.82, 2.24) is 10.2 Å². The fourth-order valence-electron chi connectivity index (χ4n) is 3.21. The van der Waals surface area contributed by atoms with Crippen molar-refractivity contribution in [3.05, 3.63) is 29.8 Å². The first kappa shape index (κ1) is 20.1. The van der Waals surface area contributed by atoms with Crippen LogP contribution in [0.5, 0.6) is 5.75 Å². The van der Waals surface area contributed by atoms with Crippen LogP contribution in [0, 0.1) is 5.92 Å². The Hall–Kier alpha value is -2.24. The Balaban J connectivity index is 1.94. The van der Waals surface area contributed by atoms with Crippen LogP contribution in [0.15, 0.2) is 29.3 Å². The van der Waals surface area contributed by atoms with E-state index in [-0.39, 0.29) is 11.9 Å². The number of para-hydroxylation sites is 1. The summed E-state index contributed by atoms with van der Waals surface area (Å²) in [7, 11) is 1.46. The van der Waals surface area contributed by atoms with Gasteiger partial charge >= 0.3 is 5.97 Å². The highest BCUT2D eigenvalue weighted by Gasteiger charge is 2.26. The molecule has 1 N–H and O–H groups in total. The molecule has 6 heteroatoms. The minimum Gasteiger partial charge on any atom is -0.494 e. The second-order valence-electron chi connectivity index (χ2n) is 6.31. The fourth-order valence-corrected chi connectivity index (χ4v) is 3.21. The largest absolute Gasteiger partial charge is 0.494 e. The van der Waals surface area contributed by atoms with Gasteiger partial charge in [-0.15, -0.1) is 0 Å². The Morgan fingerprint density at radius 3 is 2.65 bits per heavy atom. The number of hydrogen-bond acceptors (Lipinski definition) is 4. The number of carbonyl (C=O) groups is 1. The molecule has 2 rings (SSSR count). The van der Waals surface area contributed by atoms with Crippen LogP contribution >= 0.6 is 0 Å². The molecule has 0 spiro atoms. The van der Waals surface area contributed by atoms with E-state index in [0.29, 0.717) is 13.2 Å². The lowest BCUT2D eigenvalue weighted by Crippen LogP contribution is -2.46. The molecule has 0 aromatic heterocycles. The molecule has 6 nitrogen and oxygen atoms in total. The van der Waals surface area contributed by atoms with E-state index >= 15 is 0 Å². The molecule has 0 atom stereocenters. The molecular formula is C20H31N3O3. The maximum absolute atomic E-state index is 11.7. The predicted octanol–water partition coefficient (Wildman–Crippen LogP) is 2.48. The van der Waals surface area contributed by atoms with Crippen LogP contribution < -0.4 is 10.1 Å². The molecule has 0 unspecified atom stereocenters. The van der Waals surface area contributed by atoms with Crippen LogP contribution in [0.3, 0.4) is 0 Å². The van der Waals surface area contributed by atoms with Crippen molar-refractivity contribution in [2.45, 2.75) is 33.1 Å². The molecular weight excluding hydrogens is 330 g/mol. The zero-order valence-electron chi connectivity index (χ0n) is 16.2. The van der Waals surface area contributed by atoms with Gasteiger partial charge < -0.3 is 19.7 Å². The number of guanidine groups is 1. The highest BCUT2D eigenvalue weighted by molar-refractivity contribution is 5.80. The lowest BCUT2D eigenvalue weighted by molar-refractivity contribution is -0.146. The van der Waals surface area contributed by atoms with Gasteiger partial charge in [-0.2, -0.15) is 0 Å². The van der Waals surface area contributed by atoms with Gasteiger partial charge in [-0.25, -0.2) is 0 Å². The first-order chi connectivity index (χ1) is 12.7. The van der Waals surface area contributed by atoms with Crippen LogP contribution in [0.1, 0.15) is 32.3 Å². The molecule has 1 saturated heterocycles. The van der Waals surface area contributed by atoms with Crippen molar-refractivity contribution in [2.24, 2.45) is 10.9 Å². The van der Waals surface area contributed by atoms with E-state index in [2.05, 4.69) is 23.2 Å². The molecule has 1 aliphatic rings. The molecule has 0 radical (unpaired) electrons. The van der Waals surface area contributed by atoms with Crippen molar-refractivity contribution in [1.29, 1.82) is 0 Å². The number of piperidine rings is 1. The third-order valence-corrected chi connectivity index (χ3v) is 4.58. The van der Waals surface area contributed by atoms with Gasteiger partial charge in [-0.05, 0) is 44.7 Å². The van der Waals surface area contributed by atoms with Gasteiger partial charge in [-0.3, -0.25) is 9.79 Å². The highest BCUT2D eigenvalue weighted by atomic mass is 16.5. The molecule has 0 amide bonds. The number of hydrogen-bond donors (Lipinski definition) is 1. The van der Waals surface area contributed by atoms with E-state index in [0.717, 1.165) is 50.6 Å². The first-order valence-corrected chi connectivity index (χ1v) is 9.51. The summed E-state index contributed by atoms with van der Waals surface area (Å²) in [5.41, 5.74) is 1.18. The average molecular weight is 361 g/mol. The average Bonchev–Trinajstić information content (AvgIpc) is 2.68. The van der Waals surface area contributed by atoms with Crippen molar-refractivity contribution < 1.29 is 14.3 Å². The maximum atomic E-state index is 11.7. The Morgan fingerprint density at radius 1 is 1.27 bits per heavy atom. The van der Waals surface area contributed by atoms with Crippen molar-refractivity contribution in [2.75, 3.05) is 39.9 Å². The Morgan fingerprint density at radius 2 is 2.00 bits per heavy atom. The zero-order valence-corrected chi connectivity index (χ0v) is 16.2. The van der Waals surface area contributed by atoms with Crippen LogP contribution in [0.25, 0.3) is 0 Å². The Bertz CT molecular complexity index is 596. The van der Waals surface area contributed by atoms with Gasteiger partial charge in [0.15, 0.2) is 5.96 Å². The van der Waals surface area contributed by atoms with Crippen molar-refractivity contribution in [3.63, 3.8) is 0 Å². The summed E-state index contributed by atoms with van der Waals surface area (Å²) < 4.78 is 10.5. The highest BCUT2D eigenvalue weighted by Crippen LogP contribution is 2.20. The number of ether oxygens (including phenoxy) is 2. The topological polar surface area (TPSA) is 63.2 Å². The minimum absolute atomic E-state index is 0.0113. The van der Waals surface area contributed by atoms with Gasteiger partial charge in [0.25, 0.3) is 0 Å². The molecule has 1 heterocycles. The van der Waals surface area contributed by atoms with Gasteiger partial charge in [0.1, 0.15) is 5.75 Å². The monoisotopic (exact) mass is 361 g/mol. The molecule has 1 aromatic carbocycles. The standard InChI is InChI=1S/C20H31N3O3/c1-4-21-20(23-14-11-17(12-15-23)19(24)25-3)22-13-10-16-8-6-7-9-18(16)26-5-2/h6-9,17H,4-5,10-15H2,1-3H3,(H,21,22). The summed E-state index contributed by atoms with van der Waals surface area (Å²) >= 11 is 0. The van der Waals surface area contributed by atoms with Gasteiger partial charge in [0.05, 0.1) is 19.6 Å². The zero-order chi connectivity index (χ0) is 18.8. The minimum atomic E-state index is -0.0980. The first-order valence-electron chi connectivity index (χ1n) is 9.51. The van der Waals surface area contributed by atoms with E-state index in [1.165, 1.54) is 12.7 Å². The van der Waals surface area contributed by atoms with Crippen LogP contribution in [0.4, 0.5) is 0 Å². The molecule has 0 bridgehead atoms. The third-order valence-electron chi connectivity index (χ3n) is 4.58. The van der Waals surface area contributed by atoms with Crippen molar-refractivity contribution in [3.8, 4) is 5.75 Å². The Kier molecular flexibility index (Phi) is 8.25. The van der Waals surface area contributed by atoms with Crippen LogP contribution in [0.2, 0.25) is 0 Å². The predicted molar refractivity (Wildman–Crippen MR) is 104 cm³/mol. The number of nitrogens with zero attached hydrogens (tertiary/aromatic N) is 2. The second-order valence-corrected chi connectivity index (χ2v) is 6.31. The molecule has 26 heavy (non-hydrogen) atoms. The summed E-state index contributed by atoms with van der Waals surface area (Å²) in [5, 5.41) is 3.36. The quantitative estimate of drug-likeness (QED) is 0.459. The van der Waals surface area contributed by atoms with E-state index in [4.69, 9.17) is 14.5 Å². The fraction of sp³-hybridized carbons (Fsp3) is 0.600. The normalized spacial score (nSPS) is 15.7. The third kappa shape index (κ3) is 5.64. The van der Waals surface area contributed by atoms with E-state index in [1.807, 2.05) is 25.1 Å². The van der Waals surface area contributed by atoms with E-state index < -0.39 is 0 Å². The lowest BCUT2D eigenvalue weighted by Gasteiger charge is -2.33. The molecule has 144 valence electrons. The molecule has 0 saturated carbocycles. The smallest absolute Gasteiger partial charge is 0.308 e. The van der Waals surface area contributed by atoms with E-state index in [9.17, 15) is 4.79 Å². The number of likely N-dealkylation sites (tertiary alicyclic amines) is 1. The van der Waals surface area contributed by atoms with E-state index in [1.54, 1.807) is 0 Å². The summed E-state index contributed by atoms with van der Waals surface area (Å²) in [6, 6.07) is 8.12. The van der Waals surface area contributed by atoms with Gasteiger partial charge in [0.2, 0.25) is 0 Å². The summed E-state index contributed by atoms with van der Waals surface area (Å²) in [5.74, 6) is 1.77. The Labute approximate surface area is 156 Å². The number of benzene rings is 1. The second kappa shape index (κ2) is 10.7. The molecule has 0 aliphatic carbocycles. The lowest BCUT2D eigenvalue weighted by atomic mass is 9.97. The summed E-state index contributed by atoms with van der Waals surface area (Å²) in [6.07, 6.45) is 2.46. The van der Waals surface area contributed by atoms with Gasteiger partial charge in [0, 0.05) is 26.2 Å². The molecule has 1 fully saturated rings. The number of carbonyl (C=O) groups excluding carboxylic acids is 1. The summed E-state index contributed by atoms with van der Waals surface area (Å²) in [6.45, 7) is 7.90. The SMILES string of the molecule is CCNC(=NCCc1ccccc1OCC)N1CCC(C(=O)OC)CC1. The maximum Gasteiger partial charge on any atom is 0.308 e. The number of aliphatic imine (C=N–C) groups is 1. The number of esters is 1. The van der Waals surface area contributed by atoms with Crippen LogP contribution in [-0.2, 0) is 16.0 Å². The molecule has 1 aromatic rings. The number of rotatable bonds is 7.